The molecule has 0 fully saturated rings. The average molecular weight is 838 g/mol. The van der Waals surface area contributed by atoms with E-state index in [1.807, 2.05) is 27.2 Å². The molecule has 0 aromatic heterocycles. The van der Waals surface area contributed by atoms with Crippen LogP contribution < -0.4 is 5.32 Å². The molecule has 0 saturated carbocycles. The smallest absolute Gasteiger partial charge is 0.387 e. The van der Waals surface area contributed by atoms with Crippen molar-refractivity contribution in [1.29, 1.82) is 0 Å². The Morgan fingerprint density at radius 3 is 1.55 bits per heavy atom. The van der Waals surface area contributed by atoms with E-state index < -0.39 is 20.0 Å². The first-order chi connectivity index (χ1) is 28.0. The number of aliphatic hydroxyl groups is 1. The molecule has 0 aromatic carbocycles. The van der Waals surface area contributed by atoms with E-state index in [1.165, 1.54) is 116 Å². The number of phosphoric ester groups is 1. The molecule has 0 saturated heterocycles. The van der Waals surface area contributed by atoms with Gasteiger partial charge in [0.2, 0.25) is 5.91 Å². The number of hydrogen-bond donors (Lipinski definition) is 3. The highest BCUT2D eigenvalue weighted by atomic mass is 31.2. The Labute approximate surface area is 359 Å². The van der Waals surface area contributed by atoms with E-state index in [0.29, 0.717) is 17.4 Å². The van der Waals surface area contributed by atoms with Crippen molar-refractivity contribution < 1.29 is 32.9 Å². The van der Waals surface area contributed by atoms with Gasteiger partial charge in [-0.25, -0.2) is 4.57 Å². The molecule has 8 nitrogen and oxygen atoms in total. The van der Waals surface area contributed by atoms with Crippen molar-refractivity contribution in [1.82, 2.24) is 5.32 Å². The number of allylic oxidation sites excluding steroid dienone is 7. The number of aliphatic hydroxyl groups excluding tert-OH is 1. The minimum atomic E-state index is -4.35. The van der Waals surface area contributed by atoms with Gasteiger partial charge in [-0.05, 0) is 57.8 Å². The molecular formula is C49H94N2O6P+. The largest absolute Gasteiger partial charge is 0.472 e. The topological polar surface area (TPSA) is 105 Å². The molecule has 3 unspecified atom stereocenters. The predicted octanol–water partition coefficient (Wildman–Crippen LogP) is 13.6. The molecule has 0 bridgehead atoms. The maximum absolute atomic E-state index is 12.9. The Morgan fingerprint density at radius 1 is 0.586 bits per heavy atom. The van der Waals surface area contributed by atoms with Crippen molar-refractivity contribution in [3.63, 3.8) is 0 Å². The van der Waals surface area contributed by atoms with E-state index in [2.05, 4.69) is 55.6 Å². The first-order valence-corrected chi connectivity index (χ1v) is 25.5. The van der Waals surface area contributed by atoms with E-state index >= 15 is 0 Å². The van der Waals surface area contributed by atoms with Crippen LogP contribution in [0.1, 0.15) is 206 Å². The SMILES string of the molecule is CCC/C=C\C/C=C\CCCCCCCC(=O)NC(COP(=O)(O)OCC[N+](C)(C)C)C(O)/C=C/CC/C=C/CCCCCCCCCCCCCCCCCCC. The number of quaternary nitrogens is 1. The van der Waals surface area contributed by atoms with Crippen LogP contribution in [-0.4, -0.2) is 73.4 Å². The van der Waals surface area contributed by atoms with Crippen molar-refractivity contribution in [3.05, 3.63) is 48.6 Å². The normalized spacial score (nSPS) is 14.7. The molecule has 0 aliphatic carbocycles. The molecule has 9 heteroatoms. The van der Waals surface area contributed by atoms with Crippen molar-refractivity contribution >= 4 is 13.7 Å². The molecular weight excluding hydrogens is 744 g/mol. The number of nitrogens with zero attached hydrogens (tertiary/aromatic N) is 1. The molecule has 340 valence electrons. The molecule has 58 heavy (non-hydrogen) atoms. The van der Waals surface area contributed by atoms with Gasteiger partial charge in [0.15, 0.2) is 0 Å². The van der Waals surface area contributed by atoms with Crippen LogP contribution in [0.5, 0.6) is 0 Å². The summed E-state index contributed by atoms with van der Waals surface area (Å²) in [4.78, 5) is 23.1. The highest BCUT2D eigenvalue weighted by molar-refractivity contribution is 7.47. The molecule has 0 aromatic rings. The fourth-order valence-corrected chi connectivity index (χ4v) is 7.42. The van der Waals surface area contributed by atoms with E-state index in [1.54, 1.807) is 6.08 Å². The van der Waals surface area contributed by atoms with Crippen LogP contribution in [0.2, 0.25) is 0 Å². The summed E-state index contributed by atoms with van der Waals surface area (Å²) < 4.78 is 23.6. The first kappa shape index (κ1) is 56.5. The van der Waals surface area contributed by atoms with Crippen LogP contribution in [0.15, 0.2) is 48.6 Å². The highest BCUT2D eigenvalue weighted by Crippen LogP contribution is 2.43. The van der Waals surface area contributed by atoms with Gasteiger partial charge in [-0.2, -0.15) is 0 Å². The van der Waals surface area contributed by atoms with Gasteiger partial charge >= 0.3 is 7.82 Å². The maximum Gasteiger partial charge on any atom is 0.472 e. The lowest BCUT2D eigenvalue weighted by molar-refractivity contribution is -0.870. The summed E-state index contributed by atoms with van der Waals surface area (Å²) >= 11 is 0. The fraction of sp³-hybridized carbons (Fsp3) is 0.816. The number of phosphoric acid groups is 1. The van der Waals surface area contributed by atoms with Crippen LogP contribution in [0.4, 0.5) is 0 Å². The minimum Gasteiger partial charge on any atom is -0.387 e. The summed E-state index contributed by atoms with van der Waals surface area (Å²) in [5, 5.41) is 13.8. The van der Waals surface area contributed by atoms with E-state index in [9.17, 15) is 19.4 Å². The summed E-state index contributed by atoms with van der Waals surface area (Å²) in [6, 6.07) is -0.870. The van der Waals surface area contributed by atoms with Gasteiger partial charge in [0.1, 0.15) is 13.2 Å². The molecule has 0 spiro atoms. The van der Waals surface area contributed by atoms with Gasteiger partial charge in [0, 0.05) is 6.42 Å². The Morgan fingerprint density at radius 2 is 1.03 bits per heavy atom. The third-order valence-corrected chi connectivity index (χ3v) is 11.5. The lowest BCUT2D eigenvalue weighted by Crippen LogP contribution is -2.45. The summed E-state index contributed by atoms with van der Waals surface area (Å²) in [5.41, 5.74) is 0. The molecule has 1 amide bonds. The quantitative estimate of drug-likeness (QED) is 0.0244. The van der Waals surface area contributed by atoms with Crippen molar-refractivity contribution in [2.75, 3.05) is 40.9 Å². The summed E-state index contributed by atoms with van der Waals surface area (Å²) in [5.74, 6) is -0.203. The third-order valence-electron chi connectivity index (χ3n) is 10.5. The van der Waals surface area contributed by atoms with Gasteiger partial charge in [0.05, 0.1) is 39.9 Å². The second kappa shape index (κ2) is 40.8. The molecule has 3 N–H and O–H groups in total. The Balaban J connectivity index is 4.37. The van der Waals surface area contributed by atoms with E-state index in [-0.39, 0.29) is 19.1 Å². The summed E-state index contributed by atoms with van der Waals surface area (Å²) in [6.07, 6.45) is 52.0. The number of likely N-dealkylation sites (N-methyl/N-ethyl adjacent to an activating group) is 1. The Hall–Kier alpha value is -1.54. The third kappa shape index (κ3) is 42.6. The van der Waals surface area contributed by atoms with Crippen molar-refractivity contribution in [2.24, 2.45) is 0 Å². The van der Waals surface area contributed by atoms with Crippen molar-refractivity contribution in [2.45, 2.75) is 219 Å². The second-order valence-corrected chi connectivity index (χ2v) is 18.9. The van der Waals surface area contributed by atoms with Gasteiger partial charge in [-0.15, -0.1) is 0 Å². The number of hydrogen-bond acceptors (Lipinski definition) is 5. The maximum atomic E-state index is 12.9. The minimum absolute atomic E-state index is 0.0520. The monoisotopic (exact) mass is 838 g/mol. The van der Waals surface area contributed by atoms with Crippen molar-refractivity contribution in [3.8, 4) is 0 Å². The number of carbonyl (C=O) groups is 1. The zero-order chi connectivity index (χ0) is 42.8. The second-order valence-electron chi connectivity index (χ2n) is 17.5. The molecule has 0 aliphatic rings. The van der Waals surface area contributed by atoms with Gasteiger partial charge in [-0.3, -0.25) is 13.8 Å². The highest BCUT2D eigenvalue weighted by Gasteiger charge is 2.27. The fourth-order valence-electron chi connectivity index (χ4n) is 6.68. The molecule has 0 aliphatic heterocycles. The van der Waals surface area contributed by atoms with Gasteiger partial charge in [0.25, 0.3) is 0 Å². The number of carbonyl (C=O) groups excluding carboxylic acids is 1. The molecule has 3 atom stereocenters. The zero-order valence-electron chi connectivity index (χ0n) is 38.5. The summed E-state index contributed by atoms with van der Waals surface area (Å²) in [7, 11) is 1.54. The number of amides is 1. The lowest BCUT2D eigenvalue weighted by Gasteiger charge is -2.25. The van der Waals surface area contributed by atoms with Gasteiger partial charge < -0.3 is 19.8 Å². The Kier molecular flexibility index (Phi) is 39.8. The van der Waals surface area contributed by atoms with Crippen LogP contribution in [0.25, 0.3) is 0 Å². The summed E-state index contributed by atoms with van der Waals surface area (Å²) in [6.45, 7) is 4.72. The van der Waals surface area contributed by atoms with Gasteiger partial charge in [-0.1, -0.05) is 191 Å². The number of unbranched alkanes of at least 4 members (excludes halogenated alkanes) is 24. The first-order valence-electron chi connectivity index (χ1n) is 24.0. The zero-order valence-corrected chi connectivity index (χ0v) is 39.4. The van der Waals surface area contributed by atoms with E-state index in [4.69, 9.17) is 9.05 Å². The average Bonchev–Trinajstić information content (AvgIpc) is 3.17. The standard InChI is InChI=1S/C49H93N2O6P/c1-6-8-10-12-14-16-18-20-21-22-23-24-25-26-27-28-29-31-32-34-36-38-40-42-48(52)47(46-57-58(54,55)56-45-44-51(3,4)5)50-49(53)43-41-39-37-35-33-30-19-17-15-13-11-9-7-2/h11,13,17,19,32,34,40,42,47-48,52H,6-10,12,14-16,18,20-31,33,35-39,41,43-46H2,1-5H3,(H-,50,53,54,55)/p+1/b13-11-,19-17-,34-32+,42-40+. The molecule has 0 heterocycles. The number of nitrogens with one attached hydrogen (secondary N) is 1. The molecule has 0 radical (unpaired) electrons. The van der Waals surface area contributed by atoms with Crippen LogP contribution in [0.3, 0.4) is 0 Å². The Bertz CT molecular complexity index is 1090. The van der Waals surface area contributed by atoms with Crippen LogP contribution in [-0.2, 0) is 18.4 Å². The van der Waals surface area contributed by atoms with Crippen LogP contribution in [0, 0.1) is 0 Å². The lowest BCUT2D eigenvalue weighted by atomic mass is 10.0. The van der Waals surface area contributed by atoms with Crippen LogP contribution >= 0.6 is 7.82 Å². The molecule has 0 rings (SSSR count). The number of rotatable bonds is 43. The predicted molar refractivity (Wildman–Crippen MR) is 249 cm³/mol. The van der Waals surface area contributed by atoms with E-state index in [0.717, 1.165) is 70.6 Å².